The van der Waals surface area contributed by atoms with Crippen molar-refractivity contribution in [3.8, 4) is 6.01 Å². The Balaban J connectivity index is 1.46. The zero-order chi connectivity index (χ0) is 22.5. The van der Waals surface area contributed by atoms with Gasteiger partial charge in [0.05, 0.1) is 19.6 Å². The average molecular weight is 434 g/mol. The van der Waals surface area contributed by atoms with Crippen LogP contribution in [0.25, 0.3) is 0 Å². The van der Waals surface area contributed by atoms with Gasteiger partial charge in [-0.15, -0.1) is 0 Å². The third kappa shape index (κ3) is 4.81. The Kier molecular flexibility index (Phi) is 6.51. The Bertz CT molecular complexity index is 1070. The van der Waals surface area contributed by atoms with Crippen LogP contribution in [0, 0.1) is 0 Å². The van der Waals surface area contributed by atoms with Gasteiger partial charge in [0.25, 0.3) is 0 Å². The molecule has 0 bridgehead atoms. The van der Waals surface area contributed by atoms with Gasteiger partial charge in [0.15, 0.2) is 0 Å². The summed E-state index contributed by atoms with van der Waals surface area (Å²) in [7, 11) is 3.66. The molecule has 1 amide bonds. The van der Waals surface area contributed by atoms with E-state index in [0.29, 0.717) is 31.1 Å². The zero-order valence-corrected chi connectivity index (χ0v) is 18.3. The van der Waals surface area contributed by atoms with Crippen molar-refractivity contribution >= 4 is 23.2 Å². The molecular weight excluding hydrogens is 406 g/mol. The molecule has 1 aliphatic heterocycles. The van der Waals surface area contributed by atoms with Crippen molar-refractivity contribution in [2.75, 3.05) is 42.9 Å². The molecular formula is C24H27N5O3. The maximum atomic E-state index is 12.7. The SMILES string of the molecule is COCCOc1nc(N)c2c(n1)N(Cc1ccc(CN(C)c3ccccc3)cc1)C(=O)C2. The van der Waals surface area contributed by atoms with Crippen LogP contribution in [0.15, 0.2) is 54.6 Å². The van der Waals surface area contributed by atoms with Gasteiger partial charge in [-0.2, -0.15) is 9.97 Å². The van der Waals surface area contributed by atoms with Crippen molar-refractivity contribution in [2.24, 2.45) is 0 Å². The first-order chi connectivity index (χ1) is 15.5. The Labute approximate surface area is 187 Å². The van der Waals surface area contributed by atoms with E-state index in [0.717, 1.165) is 17.8 Å². The summed E-state index contributed by atoms with van der Waals surface area (Å²) in [4.78, 5) is 25.1. The lowest BCUT2D eigenvalue weighted by Crippen LogP contribution is -2.26. The number of aromatic nitrogens is 2. The minimum absolute atomic E-state index is 0.0528. The van der Waals surface area contributed by atoms with E-state index in [9.17, 15) is 4.79 Å². The van der Waals surface area contributed by atoms with Crippen molar-refractivity contribution in [1.29, 1.82) is 0 Å². The van der Waals surface area contributed by atoms with Crippen LogP contribution in [0.4, 0.5) is 17.3 Å². The molecule has 0 saturated heterocycles. The third-order valence-electron chi connectivity index (χ3n) is 5.38. The maximum absolute atomic E-state index is 12.7. The molecule has 2 heterocycles. The molecule has 2 N–H and O–H groups in total. The topological polar surface area (TPSA) is 93.8 Å². The van der Waals surface area contributed by atoms with Gasteiger partial charge in [0.1, 0.15) is 18.2 Å². The van der Waals surface area contributed by atoms with E-state index in [-0.39, 0.29) is 24.2 Å². The minimum atomic E-state index is -0.0528. The number of anilines is 3. The predicted molar refractivity (Wildman–Crippen MR) is 124 cm³/mol. The number of nitrogens with two attached hydrogens (primary N) is 1. The number of benzene rings is 2. The molecule has 4 rings (SSSR count). The Morgan fingerprint density at radius 2 is 1.75 bits per heavy atom. The lowest BCUT2D eigenvalue weighted by atomic mass is 10.1. The number of carbonyl (C=O) groups excluding carboxylic acids is 1. The number of para-hydroxylation sites is 1. The van der Waals surface area contributed by atoms with Crippen molar-refractivity contribution in [3.63, 3.8) is 0 Å². The highest BCUT2D eigenvalue weighted by molar-refractivity contribution is 6.01. The molecule has 2 aromatic carbocycles. The summed E-state index contributed by atoms with van der Waals surface area (Å²) >= 11 is 0. The first-order valence-electron chi connectivity index (χ1n) is 10.5. The van der Waals surface area contributed by atoms with E-state index in [4.69, 9.17) is 15.2 Å². The predicted octanol–water partition coefficient (Wildman–Crippen LogP) is 2.81. The van der Waals surface area contributed by atoms with Crippen molar-refractivity contribution in [1.82, 2.24) is 9.97 Å². The molecule has 0 fully saturated rings. The maximum Gasteiger partial charge on any atom is 0.320 e. The number of carbonyl (C=O) groups is 1. The normalized spacial score (nSPS) is 12.7. The van der Waals surface area contributed by atoms with E-state index < -0.39 is 0 Å². The second kappa shape index (κ2) is 9.65. The number of nitrogen functional groups attached to an aromatic ring is 1. The third-order valence-corrected chi connectivity index (χ3v) is 5.38. The molecule has 8 nitrogen and oxygen atoms in total. The number of rotatable bonds is 9. The largest absolute Gasteiger partial charge is 0.461 e. The summed E-state index contributed by atoms with van der Waals surface area (Å²) < 4.78 is 10.5. The standard InChI is InChI=1S/C24H27N5O3/c1-28(19-6-4-3-5-7-19)15-17-8-10-18(11-9-17)16-29-21(30)14-20-22(25)26-24(27-23(20)29)32-13-12-31-2/h3-11H,12-16H2,1-2H3,(H2,25,26,27). The lowest BCUT2D eigenvalue weighted by molar-refractivity contribution is -0.117. The number of fused-ring (bicyclic) bond motifs is 1. The fraction of sp³-hybridized carbons (Fsp3) is 0.292. The quantitative estimate of drug-likeness (QED) is 0.519. The van der Waals surface area contributed by atoms with E-state index >= 15 is 0 Å². The molecule has 166 valence electrons. The van der Waals surface area contributed by atoms with Gasteiger partial charge in [-0.1, -0.05) is 42.5 Å². The molecule has 32 heavy (non-hydrogen) atoms. The summed E-state index contributed by atoms with van der Waals surface area (Å²) in [5.41, 5.74) is 10.1. The molecule has 0 unspecified atom stereocenters. The Hall–Kier alpha value is -3.65. The van der Waals surface area contributed by atoms with Crippen LogP contribution in [0.5, 0.6) is 6.01 Å². The van der Waals surface area contributed by atoms with Gasteiger partial charge in [-0.25, -0.2) is 0 Å². The number of nitrogens with zero attached hydrogens (tertiary/aromatic N) is 4. The summed E-state index contributed by atoms with van der Waals surface area (Å²) in [6, 6.07) is 18.7. The summed E-state index contributed by atoms with van der Waals surface area (Å²) in [5.74, 6) is 0.739. The van der Waals surface area contributed by atoms with Gasteiger partial charge < -0.3 is 20.1 Å². The number of amides is 1. The molecule has 0 saturated carbocycles. The first kappa shape index (κ1) is 21.6. The van der Waals surface area contributed by atoms with Crippen LogP contribution in [0.3, 0.4) is 0 Å². The van der Waals surface area contributed by atoms with Crippen molar-refractivity contribution in [2.45, 2.75) is 19.5 Å². The summed E-state index contributed by atoms with van der Waals surface area (Å²) in [6.07, 6.45) is 0.194. The fourth-order valence-electron chi connectivity index (χ4n) is 3.65. The second-order valence-electron chi connectivity index (χ2n) is 7.70. The van der Waals surface area contributed by atoms with Crippen molar-refractivity contribution in [3.05, 3.63) is 71.3 Å². The van der Waals surface area contributed by atoms with Gasteiger partial charge in [-0.3, -0.25) is 9.69 Å². The smallest absolute Gasteiger partial charge is 0.320 e. The van der Waals surface area contributed by atoms with Crippen LogP contribution < -0.4 is 20.3 Å². The molecule has 0 spiro atoms. The van der Waals surface area contributed by atoms with E-state index in [2.05, 4.69) is 46.2 Å². The number of ether oxygens (including phenoxy) is 2. The highest BCUT2D eigenvalue weighted by Gasteiger charge is 2.32. The number of hydrogen-bond donors (Lipinski definition) is 1. The van der Waals surface area contributed by atoms with Gasteiger partial charge in [0, 0.05) is 32.0 Å². The molecule has 8 heteroatoms. The number of methoxy groups -OCH3 is 1. The molecule has 0 aliphatic carbocycles. The van der Waals surface area contributed by atoms with Crippen LogP contribution in [0.2, 0.25) is 0 Å². The van der Waals surface area contributed by atoms with Crippen LogP contribution in [0.1, 0.15) is 16.7 Å². The molecule has 1 aromatic heterocycles. The Morgan fingerprint density at radius 1 is 1.03 bits per heavy atom. The van der Waals surface area contributed by atoms with Crippen LogP contribution in [-0.4, -0.2) is 43.2 Å². The van der Waals surface area contributed by atoms with Gasteiger partial charge in [-0.05, 0) is 23.3 Å². The number of hydrogen-bond acceptors (Lipinski definition) is 7. The molecule has 3 aromatic rings. The van der Waals surface area contributed by atoms with Crippen molar-refractivity contribution < 1.29 is 14.3 Å². The van der Waals surface area contributed by atoms with E-state index in [1.54, 1.807) is 12.0 Å². The summed E-state index contributed by atoms with van der Waals surface area (Å²) in [5, 5.41) is 0. The molecule has 0 atom stereocenters. The molecule has 1 aliphatic rings. The zero-order valence-electron chi connectivity index (χ0n) is 18.3. The highest BCUT2D eigenvalue weighted by atomic mass is 16.5. The second-order valence-corrected chi connectivity index (χ2v) is 7.70. The monoisotopic (exact) mass is 433 g/mol. The van der Waals surface area contributed by atoms with Gasteiger partial charge >= 0.3 is 6.01 Å². The van der Waals surface area contributed by atoms with Gasteiger partial charge in [0.2, 0.25) is 5.91 Å². The minimum Gasteiger partial charge on any atom is -0.461 e. The average Bonchev–Trinajstić information content (AvgIpc) is 3.11. The van der Waals surface area contributed by atoms with E-state index in [1.165, 1.54) is 5.56 Å². The Morgan fingerprint density at radius 3 is 2.47 bits per heavy atom. The first-order valence-corrected chi connectivity index (χ1v) is 10.5. The van der Waals surface area contributed by atoms with Crippen LogP contribution in [-0.2, 0) is 29.0 Å². The van der Waals surface area contributed by atoms with E-state index in [1.807, 2.05) is 30.3 Å². The fourth-order valence-corrected chi connectivity index (χ4v) is 3.65. The summed E-state index contributed by atoms with van der Waals surface area (Å²) in [6.45, 7) is 1.92. The lowest BCUT2D eigenvalue weighted by Gasteiger charge is -2.20. The molecule has 0 radical (unpaired) electrons. The van der Waals surface area contributed by atoms with Crippen LogP contribution >= 0.6 is 0 Å². The highest BCUT2D eigenvalue weighted by Crippen LogP contribution is 2.33.